The van der Waals surface area contributed by atoms with E-state index in [0.29, 0.717) is 18.6 Å². The second-order valence-electron chi connectivity index (χ2n) is 7.34. The Kier molecular flexibility index (Phi) is 14.3. The Morgan fingerprint density at radius 3 is 1.97 bits per heavy atom. The van der Waals surface area contributed by atoms with Crippen molar-refractivity contribution in [3.8, 4) is 0 Å². The van der Waals surface area contributed by atoms with E-state index in [9.17, 15) is 34.2 Å². The minimum atomic E-state index is -1.42. The number of thioether (sulfide) groups is 1. The van der Waals surface area contributed by atoms with Gasteiger partial charge in [-0.1, -0.05) is 20.3 Å². The minimum absolute atomic E-state index is 0.320. The standard InChI is InChI=1S/C19H34N4O8S/c1-4-10(2)15(19(30)31)23-17(28)12(5-6-14(25)26)21-18(29)13(9-24)22-16(27)11(20)7-8-32-3/h10-13,15,24H,4-9,20H2,1-3H3,(H,21,29)(H,22,27)(H,23,28)(H,25,26)(H,30,31). The lowest BCUT2D eigenvalue weighted by Crippen LogP contribution is -2.58. The highest BCUT2D eigenvalue weighted by Gasteiger charge is 2.32. The molecular formula is C19H34N4O8S. The fraction of sp³-hybridized carbons (Fsp3) is 0.737. The van der Waals surface area contributed by atoms with Crippen LogP contribution in [0.3, 0.4) is 0 Å². The van der Waals surface area contributed by atoms with Crippen LogP contribution in [0.15, 0.2) is 0 Å². The molecule has 184 valence electrons. The van der Waals surface area contributed by atoms with E-state index in [4.69, 9.17) is 10.8 Å². The third-order valence-corrected chi connectivity index (χ3v) is 5.49. The molecule has 0 saturated heterocycles. The lowest BCUT2D eigenvalue weighted by Gasteiger charge is -2.26. The number of amides is 3. The molecule has 5 unspecified atom stereocenters. The van der Waals surface area contributed by atoms with Gasteiger partial charge in [0.05, 0.1) is 12.6 Å². The number of aliphatic hydroxyl groups excluding tert-OH is 1. The fourth-order valence-corrected chi connectivity index (χ4v) is 3.08. The normalized spacial score (nSPS) is 15.5. The van der Waals surface area contributed by atoms with Crippen molar-refractivity contribution in [2.24, 2.45) is 11.7 Å². The molecule has 0 aliphatic heterocycles. The highest BCUT2D eigenvalue weighted by molar-refractivity contribution is 7.98. The van der Waals surface area contributed by atoms with Gasteiger partial charge >= 0.3 is 11.9 Å². The van der Waals surface area contributed by atoms with Gasteiger partial charge in [-0.05, 0) is 30.8 Å². The van der Waals surface area contributed by atoms with Crippen LogP contribution in [0.5, 0.6) is 0 Å². The zero-order valence-electron chi connectivity index (χ0n) is 18.5. The van der Waals surface area contributed by atoms with Gasteiger partial charge in [-0.15, -0.1) is 0 Å². The van der Waals surface area contributed by atoms with E-state index in [1.165, 1.54) is 11.8 Å². The minimum Gasteiger partial charge on any atom is -0.481 e. The van der Waals surface area contributed by atoms with Crippen molar-refractivity contribution in [1.82, 2.24) is 16.0 Å². The van der Waals surface area contributed by atoms with Crippen LogP contribution in [-0.4, -0.2) is 87.8 Å². The number of aliphatic hydroxyl groups is 1. The van der Waals surface area contributed by atoms with E-state index < -0.39 is 72.8 Å². The molecule has 0 rings (SSSR count). The van der Waals surface area contributed by atoms with Crippen molar-refractivity contribution in [3.05, 3.63) is 0 Å². The summed E-state index contributed by atoms with van der Waals surface area (Å²) in [5.74, 6) is -4.77. The maximum absolute atomic E-state index is 12.6. The van der Waals surface area contributed by atoms with Gasteiger partial charge in [-0.25, -0.2) is 4.79 Å². The van der Waals surface area contributed by atoms with Crippen molar-refractivity contribution in [3.63, 3.8) is 0 Å². The van der Waals surface area contributed by atoms with Crippen molar-refractivity contribution in [1.29, 1.82) is 0 Å². The van der Waals surface area contributed by atoms with Gasteiger partial charge < -0.3 is 37.0 Å². The molecule has 0 saturated carbocycles. The summed E-state index contributed by atoms with van der Waals surface area (Å²) in [4.78, 5) is 59.7. The van der Waals surface area contributed by atoms with E-state index in [1.54, 1.807) is 13.8 Å². The molecule has 3 amide bonds. The Labute approximate surface area is 191 Å². The topological polar surface area (TPSA) is 208 Å². The van der Waals surface area contributed by atoms with E-state index in [1.807, 2.05) is 6.26 Å². The van der Waals surface area contributed by atoms with Gasteiger partial charge in [0.1, 0.15) is 18.1 Å². The number of carbonyl (C=O) groups is 5. The van der Waals surface area contributed by atoms with Gasteiger partial charge in [0.2, 0.25) is 17.7 Å². The Balaban J connectivity index is 5.33. The van der Waals surface area contributed by atoms with Crippen LogP contribution in [0.2, 0.25) is 0 Å². The molecule has 13 heteroatoms. The maximum atomic E-state index is 12.6. The van der Waals surface area contributed by atoms with E-state index in [0.717, 1.165) is 0 Å². The Morgan fingerprint density at radius 1 is 0.938 bits per heavy atom. The van der Waals surface area contributed by atoms with Crippen LogP contribution in [0, 0.1) is 5.92 Å². The van der Waals surface area contributed by atoms with Crippen molar-refractivity contribution >= 4 is 41.4 Å². The van der Waals surface area contributed by atoms with Gasteiger partial charge in [-0.3, -0.25) is 19.2 Å². The molecule has 0 aromatic carbocycles. The van der Waals surface area contributed by atoms with Crippen LogP contribution in [0.4, 0.5) is 0 Å². The third-order valence-electron chi connectivity index (χ3n) is 4.84. The number of hydrogen-bond donors (Lipinski definition) is 7. The largest absolute Gasteiger partial charge is 0.481 e. The highest BCUT2D eigenvalue weighted by Crippen LogP contribution is 2.09. The summed E-state index contributed by atoms with van der Waals surface area (Å²) in [6.07, 6.45) is 1.85. The number of rotatable bonds is 16. The molecule has 0 aliphatic carbocycles. The molecule has 8 N–H and O–H groups in total. The molecule has 0 aromatic rings. The number of carbonyl (C=O) groups excluding carboxylic acids is 3. The summed E-state index contributed by atoms with van der Waals surface area (Å²) in [6.45, 7) is 2.58. The summed E-state index contributed by atoms with van der Waals surface area (Å²) in [5.41, 5.74) is 5.74. The van der Waals surface area contributed by atoms with E-state index in [2.05, 4.69) is 16.0 Å². The van der Waals surface area contributed by atoms with Gasteiger partial charge in [0.15, 0.2) is 0 Å². The van der Waals surface area contributed by atoms with Crippen LogP contribution in [0.1, 0.15) is 39.5 Å². The monoisotopic (exact) mass is 478 g/mol. The molecule has 0 fully saturated rings. The first-order valence-corrected chi connectivity index (χ1v) is 11.6. The molecular weight excluding hydrogens is 444 g/mol. The van der Waals surface area contributed by atoms with Gasteiger partial charge in [0.25, 0.3) is 0 Å². The highest BCUT2D eigenvalue weighted by atomic mass is 32.2. The first kappa shape index (κ1) is 29.6. The number of nitrogens with one attached hydrogen (secondary N) is 3. The molecule has 0 aromatic heterocycles. The van der Waals surface area contributed by atoms with Gasteiger partial charge in [0, 0.05) is 6.42 Å². The van der Waals surface area contributed by atoms with Gasteiger partial charge in [-0.2, -0.15) is 11.8 Å². The number of aliphatic carboxylic acids is 2. The van der Waals surface area contributed by atoms with Crippen molar-refractivity contribution < 1.29 is 39.3 Å². The summed E-state index contributed by atoms with van der Waals surface area (Å²) in [7, 11) is 0. The molecule has 12 nitrogen and oxygen atoms in total. The SMILES string of the molecule is CCC(C)C(NC(=O)C(CCC(=O)O)NC(=O)C(CO)NC(=O)C(N)CCSC)C(=O)O. The summed E-state index contributed by atoms with van der Waals surface area (Å²) in [5, 5.41) is 34.7. The smallest absolute Gasteiger partial charge is 0.326 e. The summed E-state index contributed by atoms with van der Waals surface area (Å²) < 4.78 is 0. The van der Waals surface area contributed by atoms with Crippen LogP contribution < -0.4 is 21.7 Å². The Hall–Kier alpha value is -2.38. The molecule has 0 spiro atoms. The molecule has 5 atom stereocenters. The Bertz CT molecular complexity index is 663. The lowest BCUT2D eigenvalue weighted by molar-refractivity contribution is -0.144. The molecule has 32 heavy (non-hydrogen) atoms. The van der Waals surface area contributed by atoms with Crippen molar-refractivity contribution in [2.75, 3.05) is 18.6 Å². The second kappa shape index (κ2) is 15.4. The summed E-state index contributed by atoms with van der Waals surface area (Å²) >= 11 is 1.49. The van der Waals surface area contributed by atoms with E-state index >= 15 is 0 Å². The zero-order valence-corrected chi connectivity index (χ0v) is 19.3. The van der Waals surface area contributed by atoms with Crippen molar-refractivity contribution in [2.45, 2.75) is 63.7 Å². The van der Waals surface area contributed by atoms with Crippen LogP contribution in [0.25, 0.3) is 0 Å². The average Bonchev–Trinajstić information content (AvgIpc) is 2.75. The predicted molar refractivity (Wildman–Crippen MR) is 118 cm³/mol. The molecule has 0 aliphatic rings. The van der Waals surface area contributed by atoms with E-state index in [-0.39, 0.29) is 6.42 Å². The van der Waals surface area contributed by atoms with Crippen LogP contribution in [-0.2, 0) is 24.0 Å². The summed E-state index contributed by atoms with van der Waals surface area (Å²) in [6, 6.07) is -4.95. The first-order valence-electron chi connectivity index (χ1n) is 10.2. The molecule has 0 radical (unpaired) electrons. The number of nitrogens with two attached hydrogens (primary N) is 1. The predicted octanol–water partition coefficient (Wildman–Crippen LogP) is -1.49. The maximum Gasteiger partial charge on any atom is 0.326 e. The fourth-order valence-electron chi connectivity index (χ4n) is 2.59. The zero-order chi connectivity index (χ0) is 24.8. The quantitative estimate of drug-likeness (QED) is 0.137. The number of carboxylic acid groups (broad SMARTS) is 2. The first-order chi connectivity index (χ1) is 15.0. The number of hydrogen-bond acceptors (Lipinski definition) is 8. The average molecular weight is 479 g/mol. The Morgan fingerprint density at radius 2 is 1.50 bits per heavy atom. The molecule has 0 bridgehead atoms. The molecule has 0 heterocycles. The van der Waals surface area contributed by atoms with Crippen LogP contribution >= 0.6 is 11.8 Å². The third kappa shape index (κ3) is 10.8. The second-order valence-corrected chi connectivity index (χ2v) is 8.32. The number of carboxylic acids is 2. The lowest BCUT2D eigenvalue weighted by atomic mass is 9.98.